The van der Waals surface area contributed by atoms with Crippen LogP contribution in [-0.4, -0.2) is 46.9 Å². The third kappa shape index (κ3) is 4.10. The number of carboxylic acids is 1. The summed E-state index contributed by atoms with van der Waals surface area (Å²) in [5, 5.41) is 23.3. The topological polar surface area (TPSA) is 134 Å². The van der Waals surface area contributed by atoms with Gasteiger partial charge in [-0.2, -0.15) is 0 Å². The molecular weight excluding hydrogens is 284 g/mol. The minimum absolute atomic E-state index is 0.00699. The molecule has 0 spiro atoms. The van der Waals surface area contributed by atoms with Crippen molar-refractivity contribution in [2.24, 2.45) is 34.2 Å². The van der Waals surface area contributed by atoms with Crippen LogP contribution in [0.3, 0.4) is 0 Å². The maximum absolute atomic E-state index is 11.4. The zero-order valence-electron chi connectivity index (χ0n) is 13.7. The minimum atomic E-state index is -0.995. The first-order chi connectivity index (χ1) is 10.4. The molecule has 1 rings (SSSR count). The monoisotopic (exact) mass is 314 g/mol. The zero-order valence-corrected chi connectivity index (χ0v) is 13.7. The Morgan fingerprint density at radius 2 is 1.91 bits per heavy atom. The fraction of sp³-hybridized carbons (Fsp3) is 0.867. The fourth-order valence-corrected chi connectivity index (χ4v) is 3.73. The van der Waals surface area contributed by atoms with Crippen molar-refractivity contribution in [3.63, 3.8) is 0 Å². The molecule has 0 heterocycles. The van der Waals surface area contributed by atoms with Crippen LogP contribution < -0.4 is 16.8 Å². The number of hydrogen-bond acceptors (Lipinski definition) is 4. The van der Waals surface area contributed by atoms with E-state index in [1.54, 1.807) is 0 Å². The summed E-state index contributed by atoms with van der Waals surface area (Å²) in [5.41, 5.74) is 11.0. The van der Waals surface area contributed by atoms with Gasteiger partial charge in [-0.1, -0.05) is 33.6 Å². The number of nitrogens with two attached hydrogens (primary N) is 2. The van der Waals surface area contributed by atoms with Gasteiger partial charge < -0.3 is 27.0 Å². The summed E-state index contributed by atoms with van der Waals surface area (Å²) in [6.45, 7) is 6.95. The molecule has 5 atom stereocenters. The van der Waals surface area contributed by atoms with Gasteiger partial charge >= 0.3 is 5.97 Å². The maximum Gasteiger partial charge on any atom is 0.309 e. The third-order valence-electron chi connectivity index (χ3n) is 4.79. The van der Waals surface area contributed by atoms with E-state index in [-0.39, 0.29) is 30.4 Å². The Morgan fingerprint density at radius 3 is 2.32 bits per heavy atom. The Morgan fingerprint density at radius 1 is 1.32 bits per heavy atom. The number of guanidine groups is 1. The Labute approximate surface area is 132 Å². The zero-order chi connectivity index (χ0) is 16.9. The number of rotatable bonds is 8. The quantitative estimate of drug-likeness (QED) is 0.319. The largest absolute Gasteiger partial charge is 0.481 e. The van der Waals surface area contributed by atoms with Crippen molar-refractivity contribution in [2.75, 3.05) is 6.54 Å². The predicted molar refractivity (Wildman–Crippen MR) is 86.4 cm³/mol. The molecule has 7 heteroatoms. The highest BCUT2D eigenvalue weighted by Gasteiger charge is 2.50. The second kappa shape index (κ2) is 8.33. The van der Waals surface area contributed by atoms with Crippen molar-refractivity contribution in [1.29, 1.82) is 0 Å². The molecule has 0 radical (unpaired) electrons. The van der Waals surface area contributed by atoms with E-state index in [1.807, 2.05) is 6.92 Å². The normalized spacial score (nSPS) is 29.5. The summed E-state index contributed by atoms with van der Waals surface area (Å²) in [6, 6.07) is -0.377. The first-order valence-electron chi connectivity index (χ1n) is 8.10. The van der Waals surface area contributed by atoms with Gasteiger partial charge in [-0.25, -0.2) is 4.99 Å². The first kappa shape index (κ1) is 18.7. The summed E-state index contributed by atoms with van der Waals surface area (Å²) >= 11 is 0. The van der Waals surface area contributed by atoms with Crippen LogP contribution in [0.2, 0.25) is 0 Å². The summed E-state index contributed by atoms with van der Waals surface area (Å²) in [4.78, 5) is 15.6. The lowest BCUT2D eigenvalue weighted by molar-refractivity contribution is -0.145. The van der Waals surface area contributed by atoms with Gasteiger partial charge in [0.2, 0.25) is 0 Å². The van der Waals surface area contributed by atoms with Crippen LogP contribution in [0.15, 0.2) is 4.99 Å². The van der Waals surface area contributed by atoms with Gasteiger partial charge in [-0.3, -0.25) is 4.79 Å². The van der Waals surface area contributed by atoms with Crippen molar-refractivity contribution in [1.82, 2.24) is 5.32 Å². The standard InChI is InChI=1S/C15H30N4O3/c1-4-8(5-2)12(18-6-3)11-10(19-15(16)17)7-9(13(11)20)14(21)22/h8-13,18,20H,4-7H2,1-3H3,(H,21,22)(H4,16,17,19)/t9-,10+,11+,12-,13+/m0/s1. The Kier molecular flexibility index (Phi) is 7.09. The van der Waals surface area contributed by atoms with Gasteiger partial charge in [0.15, 0.2) is 5.96 Å². The van der Waals surface area contributed by atoms with E-state index < -0.39 is 18.0 Å². The van der Waals surface area contributed by atoms with E-state index in [0.29, 0.717) is 5.92 Å². The van der Waals surface area contributed by atoms with Crippen LogP contribution in [0.4, 0.5) is 0 Å². The molecule has 0 amide bonds. The molecule has 0 aliphatic heterocycles. The number of carboxylic acid groups (broad SMARTS) is 1. The van der Waals surface area contributed by atoms with E-state index in [1.165, 1.54) is 0 Å². The van der Waals surface area contributed by atoms with Crippen LogP contribution >= 0.6 is 0 Å². The number of nitrogens with one attached hydrogen (secondary N) is 1. The van der Waals surface area contributed by atoms with E-state index in [4.69, 9.17) is 11.5 Å². The molecule has 0 unspecified atom stereocenters. The van der Waals surface area contributed by atoms with Crippen LogP contribution in [0.5, 0.6) is 0 Å². The van der Waals surface area contributed by atoms with Gasteiger partial charge in [-0.05, 0) is 18.9 Å². The molecule has 0 aromatic rings. The molecule has 7 N–H and O–H groups in total. The van der Waals surface area contributed by atoms with Crippen LogP contribution in [0.1, 0.15) is 40.0 Å². The fourth-order valence-electron chi connectivity index (χ4n) is 3.73. The van der Waals surface area contributed by atoms with Crippen molar-refractivity contribution < 1.29 is 15.0 Å². The summed E-state index contributed by atoms with van der Waals surface area (Å²) in [7, 11) is 0. The van der Waals surface area contributed by atoms with E-state index in [9.17, 15) is 15.0 Å². The third-order valence-corrected chi connectivity index (χ3v) is 4.79. The summed E-state index contributed by atoms with van der Waals surface area (Å²) in [6.07, 6.45) is 1.21. The molecule has 1 aliphatic rings. The lowest BCUT2D eigenvalue weighted by Gasteiger charge is -2.35. The molecule has 7 nitrogen and oxygen atoms in total. The highest BCUT2D eigenvalue weighted by atomic mass is 16.4. The highest BCUT2D eigenvalue weighted by Crippen LogP contribution is 2.39. The molecule has 0 aromatic heterocycles. The van der Waals surface area contributed by atoms with Gasteiger partial charge in [0.25, 0.3) is 0 Å². The Balaban J connectivity index is 3.15. The number of carbonyl (C=O) groups is 1. The summed E-state index contributed by atoms with van der Waals surface area (Å²) in [5.74, 6) is -1.84. The van der Waals surface area contributed by atoms with Crippen LogP contribution in [-0.2, 0) is 4.79 Å². The lowest BCUT2D eigenvalue weighted by atomic mass is 9.80. The number of hydrogen-bond donors (Lipinski definition) is 5. The Bertz CT molecular complexity index is 394. The second-order valence-corrected chi connectivity index (χ2v) is 6.03. The minimum Gasteiger partial charge on any atom is -0.481 e. The highest BCUT2D eigenvalue weighted by molar-refractivity contribution is 5.76. The number of nitrogens with zero attached hydrogens (tertiary/aromatic N) is 1. The number of aliphatic hydroxyl groups is 1. The maximum atomic E-state index is 11.4. The van der Waals surface area contributed by atoms with E-state index in [2.05, 4.69) is 24.2 Å². The molecular formula is C15H30N4O3. The van der Waals surface area contributed by atoms with Crippen molar-refractivity contribution in [2.45, 2.75) is 58.2 Å². The predicted octanol–water partition coefficient (Wildman–Crippen LogP) is 0.124. The van der Waals surface area contributed by atoms with Gasteiger partial charge in [-0.15, -0.1) is 0 Å². The smallest absolute Gasteiger partial charge is 0.309 e. The molecule has 0 aromatic carbocycles. The second-order valence-electron chi connectivity index (χ2n) is 6.03. The van der Waals surface area contributed by atoms with Crippen LogP contribution in [0.25, 0.3) is 0 Å². The SMILES string of the molecule is CCN[C@@H](C(CC)CC)[C@@H]1[C@H](O)[C@@H](C(=O)O)C[C@H]1N=C(N)N. The number of aliphatic imine (C=N–C) groups is 1. The molecule has 128 valence electrons. The molecule has 22 heavy (non-hydrogen) atoms. The van der Waals surface area contributed by atoms with Crippen molar-refractivity contribution >= 4 is 11.9 Å². The lowest BCUT2D eigenvalue weighted by Crippen LogP contribution is -2.49. The van der Waals surface area contributed by atoms with E-state index >= 15 is 0 Å². The molecule has 0 bridgehead atoms. The average Bonchev–Trinajstić information content (AvgIpc) is 2.75. The van der Waals surface area contributed by atoms with Gasteiger partial charge in [0, 0.05) is 12.0 Å². The van der Waals surface area contributed by atoms with Crippen molar-refractivity contribution in [3.8, 4) is 0 Å². The van der Waals surface area contributed by atoms with Crippen molar-refractivity contribution in [3.05, 3.63) is 0 Å². The van der Waals surface area contributed by atoms with Gasteiger partial charge in [0.05, 0.1) is 18.1 Å². The number of aliphatic hydroxyl groups excluding tert-OH is 1. The van der Waals surface area contributed by atoms with E-state index in [0.717, 1.165) is 19.4 Å². The average molecular weight is 314 g/mol. The summed E-state index contributed by atoms with van der Waals surface area (Å²) < 4.78 is 0. The molecule has 1 saturated carbocycles. The Hall–Kier alpha value is -1.34. The molecule has 1 fully saturated rings. The van der Waals surface area contributed by atoms with Crippen LogP contribution in [0, 0.1) is 17.8 Å². The number of aliphatic carboxylic acids is 1. The first-order valence-corrected chi connectivity index (χ1v) is 8.10. The molecule has 1 aliphatic carbocycles. The molecule has 0 saturated heterocycles. The van der Waals surface area contributed by atoms with Gasteiger partial charge in [0.1, 0.15) is 0 Å².